The van der Waals surface area contributed by atoms with Gasteiger partial charge in [0.1, 0.15) is 11.6 Å². The lowest BCUT2D eigenvalue weighted by Crippen LogP contribution is -2.07. The number of nitrogens with zero attached hydrogens (tertiary/aromatic N) is 1. The van der Waals surface area contributed by atoms with Crippen LogP contribution in [0.5, 0.6) is 0 Å². The van der Waals surface area contributed by atoms with E-state index >= 15 is 0 Å². The SMILES string of the molecule is Cc1cc(F)c(Nc2nc(C(=O)O)ccc2N)cc1F. The van der Waals surface area contributed by atoms with Crippen molar-refractivity contribution in [3.8, 4) is 0 Å². The van der Waals surface area contributed by atoms with Crippen molar-refractivity contribution in [2.75, 3.05) is 11.1 Å². The predicted molar refractivity (Wildman–Crippen MR) is 70.0 cm³/mol. The van der Waals surface area contributed by atoms with Crippen molar-refractivity contribution in [2.24, 2.45) is 0 Å². The van der Waals surface area contributed by atoms with Gasteiger partial charge in [-0.1, -0.05) is 0 Å². The second-order valence-corrected chi connectivity index (χ2v) is 4.15. The summed E-state index contributed by atoms with van der Waals surface area (Å²) in [4.78, 5) is 14.6. The Bertz CT molecular complexity index is 690. The smallest absolute Gasteiger partial charge is 0.354 e. The number of pyridine rings is 1. The van der Waals surface area contributed by atoms with Gasteiger partial charge in [-0.3, -0.25) is 0 Å². The average Bonchev–Trinajstić information content (AvgIpc) is 2.38. The minimum atomic E-state index is -1.25. The summed E-state index contributed by atoms with van der Waals surface area (Å²) in [5, 5.41) is 11.3. The molecule has 0 aliphatic carbocycles. The molecule has 20 heavy (non-hydrogen) atoms. The molecule has 0 fully saturated rings. The molecule has 1 aromatic heterocycles. The van der Waals surface area contributed by atoms with Gasteiger partial charge >= 0.3 is 5.97 Å². The summed E-state index contributed by atoms with van der Waals surface area (Å²) in [6, 6.07) is 4.52. The predicted octanol–water partition coefficient (Wildman–Crippen LogP) is 2.69. The molecule has 4 N–H and O–H groups in total. The first-order valence-corrected chi connectivity index (χ1v) is 5.61. The number of anilines is 3. The number of halogens is 2. The highest BCUT2D eigenvalue weighted by molar-refractivity contribution is 5.87. The molecule has 0 aliphatic heterocycles. The molecular weight excluding hydrogens is 268 g/mol. The van der Waals surface area contributed by atoms with E-state index in [0.717, 1.165) is 12.1 Å². The summed E-state index contributed by atoms with van der Waals surface area (Å²) in [5.41, 5.74) is 5.48. The quantitative estimate of drug-likeness (QED) is 0.804. The summed E-state index contributed by atoms with van der Waals surface area (Å²) < 4.78 is 27.1. The van der Waals surface area contributed by atoms with Crippen molar-refractivity contribution in [3.05, 3.63) is 47.2 Å². The normalized spacial score (nSPS) is 10.3. The van der Waals surface area contributed by atoms with Crippen LogP contribution in [0.3, 0.4) is 0 Å². The Kier molecular flexibility index (Phi) is 3.51. The molecule has 0 saturated heterocycles. The van der Waals surface area contributed by atoms with Gasteiger partial charge in [0.15, 0.2) is 11.5 Å². The van der Waals surface area contributed by atoms with E-state index in [4.69, 9.17) is 10.8 Å². The molecule has 0 aliphatic rings. The molecule has 5 nitrogen and oxygen atoms in total. The number of carbonyl (C=O) groups is 1. The number of carboxylic acid groups (broad SMARTS) is 1. The molecule has 0 spiro atoms. The van der Waals surface area contributed by atoms with Crippen molar-refractivity contribution in [1.29, 1.82) is 0 Å². The van der Waals surface area contributed by atoms with E-state index in [9.17, 15) is 13.6 Å². The Morgan fingerprint density at radius 2 is 2.00 bits per heavy atom. The summed E-state index contributed by atoms with van der Waals surface area (Å²) in [6.07, 6.45) is 0. The molecule has 1 heterocycles. The monoisotopic (exact) mass is 279 g/mol. The van der Waals surface area contributed by atoms with Crippen molar-refractivity contribution >= 4 is 23.2 Å². The Hall–Kier alpha value is -2.70. The molecule has 7 heteroatoms. The van der Waals surface area contributed by atoms with Crippen LogP contribution < -0.4 is 11.1 Å². The summed E-state index contributed by atoms with van der Waals surface area (Å²) in [6.45, 7) is 1.43. The summed E-state index contributed by atoms with van der Waals surface area (Å²) >= 11 is 0. The van der Waals surface area contributed by atoms with Crippen LogP contribution in [-0.2, 0) is 0 Å². The van der Waals surface area contributed by atoms with Crippen LogP contribution in [0.15, 0.2) is 24.3 Å². The second kappa shape index (κ2) is 5.12. The van der Waals surface area contributed by atoms with E-state index in [1.807, 2.05) is 0 Å². The number of aromatic carboxylic acids is 1. The Morgan fingerprint density at radius 1 is 1.30 bits per heavy atom. The molecular formula is C13H11F2N3O2. The average molecular weight is 279 g/mol. The molecule has 1 aromatic carbocycles. The van der Waals surface area contributed by atoms with Crippen molar-refractivity contribution in [1.82, 2.24) is 4.98 Å². The van der Waals surface area contributed by atoms with E-state index in [2.05, 4.69) is 10.3 Å². The number of aryl methyl sites for hydroxylation is 1. The molecule has 0 bridgehead atoms. The standard InChI is InChI=1S/C13H11F2N3O2/c1-6-4-8(15)11(5-7(6)14)18-12-9(16)2-3-10(17-12)13(19)20/h2-5H,16H2,1H3,(H,17,18)(H,19,20). The summed E-state index contributed by atoms with van der Waals surface area (Å²) in [5.74, 6) is -2.58. The Balaban J connectivity index is 2.42. The van der Waals surface area contributed by atoms with E-state index < -0.39 is 17.6 Å². The van der Waals surface area contributed by atoms with Gasteiger partial charge in [0.05, 0.1) is 11.4 Å². The number of hydrogen-bond donors (Lipinski definition) is 3. The maximum absolute atomic E-state index is 13.7. The lowest BCUT2D eigenvalue weighted by Gasteiger charge is -2.10. The molecule has 0 saturated carbocycles. The topological polar surface area (TPSA) is 88.2 Å². The van der Waals surface area contributed by atoms with Gasteiger partial charge in [-0.05, 0) is 30.7 Å². The Labute approximate surface area is 113 Å². The Morgan fingerprint density at radius 3 is 2.65 bits per heavy atom. The first-order valence-electron chi connectivity index (χ1n) is 5.61. The number of nitrogen functional groups attached to an aromatic ring is 1. The van der Waals surface area contributed by atoms with Crippen LogP contribution in [-0.4, -0.2) is 16.1 Å². The van der Waals surface area contributed by atoms with Crippen LogP contribution in [0.2, 0.25) is 0 Å². The van der Waals surface area contributed by atoms with Gasteiger partial charge in [0.2, 0.25) is 0 Å². The highest BCUT2D eigenvalue weighted by atomic mass is 19.1. The van der Waals surface area contributed by atoms with Crippen molar-refractivity contribution in [3.63, 3.8) is 0 Å². The highest BCUT2D eigenvalue weighted by Gasteiger charge is 2.12. The molecule has 104 valence electrons. The number of aromatic nitrogens is 1. The maximum Gasteiger partial charge on any atom is 0.354 e. The number of rotatable bonds is 3. The molecule has 0 radical (unpaired) electrons. The van der Waals surface area contributed by atoms with Crippen LogP contribution in [0.25, 0.3) is 0 Å². The van der Waals surface area contributed by atoms with Gasteiger partial charge < -0.3 is 16.2 Å². The van der Waals surface area contributed by atoms with Gasteiger partial charge in [0, 0.05) is 6.07 Å². The van der Waals surface area contributed by atoms with E-state index in [-0.39, 0.29) is 28.5 Å². The largest absolute Gasteiger partial charge is 0.477 e. The minimum Gasteiger partial charge on any atom is -0.477 e. The lowest BCUT2D eigenvalue weighted by atomic mass is 10.2. The number of nitrogens with one attached hydrogen (secondary N) is 1. The van der Waals surface area contributed by atoms with Crippen molar-refractivity contribution in [2.45, 2.75) is 6.92 Å². The third-order valence-electron chi connectivity index (χ3n) is 2.65. The number of nitrogens with two attached hydrogens (primary N) is 1. The molecule has 2 rings (SSSR count). The highest BCUT2D eigenvalue weighted by Crippen LogP contribution is 2.25. The number of carboxylic acids is 1. The van der Waals surface area contributed by atoms with E-state index in [0.29, 0.717) is 0 Å². The maximum atomic E-state index is 13.7. The van der Waals surface area contributed by atoms with Gasteiger partial charge in [-0.2, -0.15) is 0 Å². The third kappa shape index (κ3) is 2.66. The van der Waals surface area contributed by atoms with Crippen LogP contribution in [0, 0.1) is 18.6 Å². The van der Waals surface area contributed by atoms with Gasteiger partial charge in [-0.15, -0.1) is 0 Å². The zero-order valence-corrected chi connectivity index (χ0v) is 10.4. The number of benzene rings is 1. The molecule has 0 amide bonds. The summed E-state index contributed by atoms with van der Waals surface area (Å²) in [7, 11) is 0. The first kappa shape index (κ1) is 13.7. The van der Waals surface area contributed by atoms with Crippen LogP contribution >= 0.6 is 0 Å². The fourth-order valence-corrected chi connectivity index (χ4v) is 1.56. The lowest BCUT2D eigenvalue weighted by molar-refractivity contribution is 0.0690. The zero-order valence-electron chi connectivity index (χ0n) is 10.4. The third-order valence-corrected chi connectivity index (χ3v) is 2.65. The zero-order chi connectivity index (χ0) is 14.9. The minimum absolute atomic E-state index is 0.0490. The molecule has 0 atom stereocenters. The molecule has 0 unspecified atom stereocenters. The van der Waals surface area contributed by atoms with E-state index in [1.165, 1.54) is 19.1 Å². The number of hydrogen-bond acceptors (Lipinski definition) is 4. The fourth-order valence-electron chi connectivity index (χ4n) is 1.56. The molecule has 2 aromatic rings. The van der Waals surface area contributed by atoms with Gasteiger partial charge in [-0.25, -0.2) is 18.6 Å². The van der Waals surface area contributed by atoms with E-state index in [1.54, 1.807) is 0 Å². The van der Waals surface area contributed by atoms with Crippen LogP contribution in [0.4, 0.5) is 26.0 Å². The van der Waals surface area contributed by atoms with Gasteiger partial charge in [0.25, 0.3) is 0 Å². The van der Waals surface area contributed by atoms with Crippen LogP contribution in [0.1, 0.15) is 16.1 Å². The fraction of sp³-hybridized carbons (Fsp3) is 0.0769. The van der Waals surface area contributed by atoms with Crippen molar-refractivity contribution < 1.29 is 18.7 Å². The first-order chi connectivity index (χ1) is 9.38. The second-order valence-electron chi connectivity index (χ2n) is 4.15.